The zero-order chi connectivity index (χ0) is 13.2. The normalized spacial score (nSPS) is 11.1. The average Bonchev–Trinajstić information content (AvgIpc) is 2.40. The van der Waals surface area contributed by atoms with Gasteiger partial charge in [0.15, 0.2) is 0 Å². The summed E-state index contributed by atoms with van der Waals surface area (Å²) in [7, 11) is 0. The number of aromatic nitrogens is 1. The molecule has 1 N–H and O–H groups in total. The van der Waals surface area contributed by atoms with Gasteiger partial charge in [-0.05, 0) is 41.2 Å². The Morgan fingerprint density at radius 2 is 2.11 bits per heavy atom. The summed E-state index contributed by atoms with van der Waals surface area (Å²) in [4.78, 5) is 6.76. The van der Waals surface area contributed by atoms with E-state index in [1.54, 1.807) is 11.8 Å². The number of rotatable bonds is 9. The maximum absolute atomic E-state index is 4.33. The highest BCUT2D eigenvalue weighted by Gasteiger charge is 2.01. The number of thioether (sulfide) groups is 1. The van der Waals surface area contributed by atoms with Crippen molar-refractivity contribution in [1.82, 2.24) is 15.2 Å². The van der Waals surface area contributed by atoms with Crippen LogP contribution < -0.4 is 5.32 Å². The van der Waals surface area contributed by atoms with E-state index in [2.05, 4.69) is 45.0 Å². The van der Waals surface area contributed by atoms with Crippen LogP contribution >= 0.6 is 27.7 Å². The van der Waals surface area contributed by atoms with Crippen LogP contribution in [0.5, 0.6) is 0 Å². The molecule has 1 heterocycles. The molecule has 0 spiro atoms. The van der Waals surface area contributed by atoms with Gasteiger partial charge in [-0.3, -0.25) is 0 Å². The lowest BCUT2D eigenvalue weighted by Crippen LogP contribution is -2.32. The first-order chi connectivity index (χ1) is 8.77. The number of likely N-dealkylation sites (N-methyl/N-ethyl adjacent to an activating group) is 1. The fraction of sp³-hybridized carbons (Fsp3) is 0.615. The zero-order valence-electron chi connectivity index (χ0n) is 11.2. The third kappa shape index (κ3) is 6.18. The van der Waals surface area contributed by atoms with Crippen molar-refractivity contribution in [2.75, 3.05) is 38.5 Å². The van der Waals surface area contributed by atoms with Crippen molar-refractivity contribution >= 4 is 27.7 Å². The molecule has 0 fully saturated rings. The van der Waals surface area contributed by atoms with Gasteiger partial charge in [0.05, 0.1) is 0 Å². The lowest BCUT2D eigenvalue weighted by atomic mass is 10.4. The van der Waals surface area contributed by atoms with Crippen molar-refractivity contribution in [2.45, 2.75) is 18.9 Å². The second kappa shape index (κ2) is 9.78. The topological polar surface area (TPSA) is 28.2 Å². The van der Waals surface area contributed by atoms with Crippen LogP contribution in [0.3, 0.4) is 0 Å². The number of pyridine rings is 1. The highest BCUT2D eigenvalue weighted by molar-refractivity contribution is 9.10. The van der Waals surface area contributed by atoms with Crippen molar-refractivity contribution in [3.63, 3.8) is 0 Å². The summed E-state index contributed by atoms with van der Waals surface area (Å²) in [5.41, 5.74) is 0. The maximum atomic E-state index is 4.33. The minimum Gasteiger partial charge on any atom is -0.315 e. The SMILES string of the molecule is CCN(CC)CCNCCSc1ncccc1Br. The molecule has 0 aromatic carbocycles. The van der Waals surface area contributed by atoms with Gasteiger partial charge in [0.1, 0.15) is 5.03 Å². The zero-order valence-corrected chi connectivity index (χ0v) is 13.6. The Labute approximate surface area is 123 Å². The Morgan fingerprint density at radius 3 is 2.78 bits per heavy atom. The molecule has 0 aliphatic rings. The van der Waals surface area contributed by atoms with Crippen molar-refractivity contribution in [3.8, 4) is 0 Å². The molecule has 0 saturated carbocycles. The molecule has 0 aliphatic carbocycles. The lowest BCUT2D eigenvalue weighted by molar-refractivity contribution is 0.303. The smallest absolute Gasteiger partial charge is 0.110 e. The molecule has 1 aromatic rings. The van der Waals surface area contributed by atoms with Crippen LogP contribution in [0, 0.1) is 0 Å². The highest BCUT2D eigenvalue weighted by Crippen LogP contribution is 2.23. The van der Waals surface area contributed by atoms with Crippen molar-refractivity contribution < 1.29 is 0 Å². The monoisotopic (exact) mass is 331 g/mol. The summed E-state index contributed by atoms with van der Waals surface area (Å²) in [6.45, 7) is 9.89. The van der Waals surface area contributed by atoms with Gasteiger partial charge in [0.2, 0.25) is 0 Å². The van der Waals surface area contributed by atoms with Crippen molar-refractivity contribution in [1.29, 1.82) is 0 Å². The lowest BCUT2D eigenvalue weighted by Gasteiger charge is -2.17. The fourth-order valence-electron chi connectivity index (χ4n) is 1.60. The second-order valence-electron chi connectivity index (χ2n) is 3.92. The number of halogens is 1. The molecule has 0 atom stereocenters. The molecule has 3 nitrogen and oxygen atoms in total. The number of hydrogen-bond donors (Lipinski definition) is 1. The molecule has 0 radical (unpaired) electrons. The van der Waals surface area contributed by atoms with Gasteiger partial charge in [-0.1, -0.05) is 13.8 Å². The van der Waals surface area contributed by atoms with E-state index in [0.717, 1.165) is 48.0 Å². The summed E-state index contributed by atoms with van der Waals surface area (Å²) in [5, 5.41) is 4.54. The van der Waals surface area contributed by atoms with Gasteiger partial charge in [0, 0.05) is 36.1 Å². The summed E-state index contributed by atoms with van der Waals surface area (Å²) in [6, 6.07) is 3.97. The van der Waals surface area contributed by atoms with Gasteiger partial charge in [0.25, 0.3) is 0 Å². The minimum absolute atomic E-state index is 1.02. The largest absolute Gasteiger partial charge is 0.315 e. The van der Waals surface area contributed by atoms with E-state index in [0.29, 0.717) is 0 Å². The van der Waals surface area contributed by atoms with Crippen LogP contribution in [0.4, 0.5) is 0 Å². The Bertz CT molecular complexity index is 332. The van der Waals surface area contributed by atoms with Crippen LogP contribution in [0.2, 0.25) is 0 Å². The molecule has 0 bridgehead atoms. The summed E-state index contributed by atoms with van der Waals surface area (Å²) in [6.07, 6.45) is 1.83. The van der Waals surface area contributed by atoms with E-state index in [-0.39, 0.29) is 0 Å². The van der Waals surface area contributed by atoms with E-state index < -0.39 is 0 Å². The van der Waals surface area contributed by atoms with Gasteiger partial charge in [-0.25, -0.2) is 4.98 Å². The van der Waals surface area contributed by atoms with Gasteiger partial charge in [-0.15, -0.1) is 11.8 Å². The van der Waals surface area contributed by atoms with Crippen LogP contribution in [0.1, 0.15) is 13.8 Å². The third-order valence-corrected chi connectivity index (χ3v) is 4.65. The van der Waals surface area contributed by atoms with Gasteiger partial charge in [-0.2, -0.15) is 0 Å². The fourth-order valence-corrected chi connectivity index (χ4v) is 2.98. The first kappa shape index (κ1) is 16.0. The molecule has 18 heavy (non-hydrogen) atoms. The number of nitrogens with one attached hydrogen (secondary N) is 1. The molecular weight excluding hydrogens is 310 g/mol. The molecule has 0 aliphatic heterocycles. The van der Waals surface area contributed by atoms with Gasteiger partial charge < -0.3 is 10.2 Å². The molecular formula is C13H22BrN3S. The van der Waals surface area contributed by atoms with E-state index in [1.165, 1.54) is 0 Å². The molecule has 0 amide bonds. The van der Waals surface area contributed by atoms with Gasteiger partial charge >= 0.3 is 0 Å². The van der Waals surface area contributed by atoms with Crippen molar-refractivity contribution in [2.24, 2.45) is 0 Å². The van der Waals surface area contributed by atoms with Crippen molar-refractivity contribution in [3.05, 3.63) is 22.8 Å². The van der Waals surface area contributed by atoms with Crippen LogP contribution in [0.15, 0.2) is 27.8 Å². The number of hydrogen-bond acceptors (Lipinski definition) is 4. The van der Waals surface area contributed by atoms with Crippen LogP contribution in [-0.2, 0) is 0 Å². The summed E-state index contributed by atoms with van der Waals surface area (Å²) in [5.74, 6) is 1.05. The Kier molecular flexibility index (Phi) is 8.67. The quantitative estimate of drug-likeness (QED) is 0.556. The predicted molar refractivity (Wildman–Crippen MR) is 83.3 cm³/mol. The average molecular weight is 332 g/mol. The van der Waals surface area contributed by atoms with E-state index in [4.69, 9.17) is 0 Å². The summed E-state index contributed by atoms with van der Waals surface area (Å²) < 4.78 is 1.08. The predicted octanol–water partition coefficient (Wildman–Crippen LogP) is 2.87. The first-order valence-electron chi connectivity index (χ1n) is 6.44. The molecule has 1 rings (SSSR count). The van der Waals surface area contributed by atoms with Crippen LogP contribution in [-0.4, -0.2) is 48.4 Å². The highest BCUT2D eigenvalue weighted by atomic mass is 79.9. The minimum atomic E-state index is 1.02. The Balaban J connectivity index is 2.07. The summed E-state index contributed by atoms with van der Waals surface area (Å²) >= 11 is 5.29. The third-order valence-electron chi connectivity index (χ3n) is 2.74. The standard InChI is InChI=1S/C13H22BrN3S/c1-3-17(4-2)10-8-15-9-11-18-13-12(14)6-5-7-16-13/h5-7,15H,3-4,8-11H2,1-2H3. The number of nitrogens with zero attached hydrogens (tertiary/aromatic N) is 2. The van der Waals surface area contributed by atoms with E-state index in [1.807, 2.05) is 18.3 Å². The molecule has 102 valence electrons. The second-order valence-corrected chi connectivity index (χ2v) is 5.85. The molecule has 5 heteroatoms. The van der Waals surface area contributed by atoms with E-state index >= 15 is 0 Å². The first-order valence-corrected chi connectivity index (χ1v) is 8.22. The maximum Gasteiger partial charge on any atom is 0.110 e. The Hall–Kier alpha value is -0.100. The van der Waals surface area contributed by atoms with Crippen LogP contribution in [0.25, 0.3) is 0 Å². The molecule has 0 saturated heterocycles. The van der Waals surface area contributed by atoms with E-state index in [9.17, 15) is 0 Å². The Morgan fingerprint density at radius 1 is 1.33 bits per heavy atom. The molecule has 0 unspecified atom stereocenters. The molecule has 1 aromatic heterocycles.